The van der Waals surface area contributed by atoms with Gasteiger partial charge in [0.2, 0.25) is 0 Å². The van der Waals surface area contributed by atoms with Gasteiger partial charge in [-0.25, -0.2) is 18.6 Å². The quantitative estimate of drug-likeness (QED) is 0.842. The van der Waals surface area contributed by atoms with Crippen LogP contribution in [0.5, 0.6) is 5.88 Å². The molecule has 1 atom stereocenters. The number of hydrogen-bond donors (Lipinski definition) is 0. The summed E-state index contributed by atoms with van der Waals surface area (Å²) in [7, 11) is 0. The zero-order chi connectivity index (χ0) is 15.6. The highest BCUT2D eigenvalue weighted by Gasteiger charge is 2.31. The molecule has 1 amide bonds. The first-order valence-corrected chi connectivity index (χ1v) is 6.70. The van der Waals surface area contributed by atoms with Crippen molar-refractivity contribution < 1.29 is 23.0 Å². The summed E-state index contributed by atoms with van der Waals surface area (Å²) >= 11 is 0. The van der Waals surface area contributed by atoms with Gasteiger partial charge in [0.05, 0.1) is 12.7 Å². The third kappa shape index (κ3) is 4.27. The Bertz CT molecular complexity index is 531. The largest absolute Gasteiger partial charge is 0.470 e. The number of ether oxygens (including phenoxy) is 2. The van der Waals surface area contributed by atoms with E-state index in [2.05, 4.69) is 4.98 Å². The molecule has 1 fully saturated rings. The molecular weight excluding hydrogens is 282 g/mol. The van der Waals surface area contributed by atoms with Gasteiger partial charge >= 0.3 is 6.09 Å². The first-order valence-electron chi connectivity index (χ1n) is 6.70. The van der Waals surface area contributed by atoms with Crippen molar-refractivity contribution in [1.29, 1.82) is 0 Å². The Labute approximate surface area is 121 Å². The number of nitrogens with zero attached hydrogens (tertiary/aromatic N) is 2. The highest BCUT2D eigenvalue weighted by Crippen LogP contribution is 2.21. The Morgan fingerprint density at radius 2 is 2.14 bits per heavy atom. The standard InChI is InChI=1S/C14H18F2N2O3/c1-14(2,3)21-13(19)18-5-4-10(8-18)20-12-11(16)6-9(15)7-17-12/h6-7,10H,4-5,8H2,1-3H3. The molecule has 0 N–H and O–H groups in total. The third-order valence-electron chi connectivity index (χ3n) is 2.85. The summed E-state index contributed by atoms with van der Waals surface area (Å²) < 4.78 is 36.8. The molecule has 1 aromatic heterocycles. The van der Waals surface area contributed by atoms with Gasteiger partial charge in [-0.15, -0.1) is 0 Å². The zero-order valence-corrected chi connectivity index (χ0v) is 12.2. The van der Waals surface area contributed by atoms with Crippen LogP contribution in [0.25, 0.3) is 0 Å². The summed E-state index contributed by atoms with van der Waals surface area (Å²) in [5, 5.41) is 0. The molecule has 116 valence electrons. The van der Waals surface area contributed by atoms with Crippen LogP contribution in [0.1, 0.15) is 27.2 Å². The lowest BCUT2D eigenvalue weighted by Crippen LogP contribution is -2.36. The van der Waals surface area contributed by atoms with Crippen LogP contribution in [0.4, 0.5) is 13.6 Å². The summed E-state index contributed by atoms with van der Waals surface area (Å²) in [4.78, 5) is 16.9. The Morgan fingerprint density at radius 3 is 2.76 bits per heavy atom. The van der Waals surface area contributed by atoms with E-state index in [1.165, 1.54) is 4.90 Å². The van der Waals surface area contributed by atoms with Crippen LogP contribution in [0, 0.1) is 11.6 Å². The summed E-state index contributed by atoms with van der Waals surface area (Å²) in [6.45, 7) is 6.10. The fraction of sp³-hybridized carbons (Fsp3) is 0.571. The van der Waals surface area contributed by atoms with Crippen LogP contribution in [0.2, 0.25) is 0 Å². The van der Waals surface area contributed by atoms with Crippen LogP contribution in [-0.4, -0.2) is 40.8 Å². The van der Waals surface area contributed by atoms with Gasteiger partial charge in [-0.05, 0) is 20.8 Å². The summed E-state index contributed by atoms with van der Waals surface area (Å²) in [5.41, 5.74) is -0.569. The van der Waals surface area contributed by atoms with Crippen molar-refractivity contribution >= 4 is 6.09 Å². The number of aromatic nitrogens is 1. The van der Waals surface area contributed by atoms with E-state index in [-0.39, 0.29) is 18.5 Å². The second kappa shape index (κ2) is 5.83. The first kappa shape index (κ1) is 15.5. The topological polar surface area (TPSA) is 51.7 Å². The molecule has 0 radical (unpaired) electrons. The fourth-order valence-corrected chi connectivity index (χ4v) is 1.96. The van der Waals surface area contributed by atoms with Crippen LogP contribution < -0.4 is 4.74 Å². The van der Waals surface area contributed by atoms with Crippen molar-refractivity contribution in [2.24, 2.45) is 0 Å². The van der Waals surface area contributed by atoms with Gasteiger partial charge < -0.3 is 14.4 Å². The maximum absolute atomic E-state index is 13.4. The molecule has 0 saturated carbocycles. The lowest BCUT2D eigenvalue weighted by Gasteiger charge is -2.24. The minimum absolute atomic E-state index is 0.257. The molecule has 0 bridgehead atoms. The zero-order valence-electron chi connectivity index (χ0n) is 12.2. The molecule has 1 aromatic rings. The molecule has 0 spiro atoms. The Hall–Kier alpha value is -1.92. The van der Waals surface area contributed by atoms with Gasteiger partial charge in [0.15, 0.2) is 5.82 Å². The van der Waals surface area contributed by atoms with Crippen LogP contribution in [-0.2, 0) is 4.74 Å². The average Bonchev–Trinajstić information content (AvgIpc) is 2.79. The first-order chi connectivity index (χ1) is 9.74. The van der Waals surface area contributed by atoms with E-state index in [1.807, 2.05) is 0 Å². The van der Waals surface area contributed by atoms with Crippen molar-refractivity contribution in [2.75, 3.05) is 13.1 Å². The molecule has 1 saturated heterocycles. The SMILES string of the molecule is CC(C)(C)OC(=O)N1CCC(Oc2ncc(F)cc2F)C1. The number of halogens is 2. The number of pyridine rings is 1. The fourth-order valence-electron chi connectivity index (χ4n) is 1.96. The molecule has 7 heteroatoms. The lowest BCUT2D eigenvalue weighted by molar-refractivity contribution is 0.0274. The molecule has 0 aliphatic carbocycles. The van der Waals surface area contributed by atoms with Gasteiger partial charge in [0.25, 0.3) is 5.88 Å². The van der Waals surface area contributed by atoms with Crippen LogP contribution in [0.3, 0.4) is 0 Å². The van der Waals surface area contributed by atoms with Gasteiger partial charge in [-0.2, -0.15) is 0 Å². The van der Waals surface area contributed by atoms with Crippen molar-refractivity contribution in [2.45, 2.75) is 38.9 Å². The maximum atomic E-state index is 13.4. The summed E-state index contributed by atoms with van der Waals surface area (Å²) in [6, 6.07) is 0.711. The summed E-state index contributed by atoms with van der Waals surface area (Å²) in [5.74, 6) is -1.88. The number of carbonyl (C=O) groups is 1. The highest BCUT2D eigenvalue weighted by atomic mass is 19.1. The van der Waals surface area contributed by atoms with Gasteiger partial charge in [0, 0.05) is 19.0 Å². The molecule has 1 aliphatic heterocycles. The number of hydrogen-bond acceptors (Lipinski definition) is 4. The predicted molar refractivity (Wildman–Crippen MR) is 71.0 cm³/mol. The summed E-state index contributed by atoms with van der Waals surface area (Å²) in [6.07, 6.45) is 0.614. The number of rotatable bonds is 2. The van der Waals surface area contributed by atoms with Gasteiger partial charge in [-0.3, -0.25) is 0 Å². The van der Waals surface area contributed by atoms with E-state index >= 15 is 0 Å². The Balaban J connectivity index is 1.92. The van der Waals surface area contributed by atoms with E-state index in [0.29, 0.717) is 19.0 Å². The minimum atomic E-state index is -0.856. The van der Waals surface area contributed by atoms with Crippen molar-refractivity contribution in [3.05, 3.63) is 23.9 Å². The van der Waals surface area contributed by atoms with Crippen LogP contribution in [0.15, 0.2) is 12.3 Å². The molecule has 1 unspecified atom stereocenters. The second-order valence-electron chi connectivity index (χ2n) is 5.90. The van der Waals surface area contributed by atoms with Crippen molar-refractivity contribution in [3.8, 4) is 5.88 Å². The molecule has 1 aliphatic rings. The molecule has 5 nitrogen and oxygen atoms in total. The second-order valence-corrected chi connectivity index (χ2v) is 5.90. The average molecular weight is 300 g/mol. The maximum Gasteiger partial charge on any atom is 0.410 e. The third-order valence-corrected chi connectivity index (χ3v) is 2.85. The van der Waals surface area contributed by atoms with E-state index in [9.17, 15) is 13.6 Å². The van der Waals surface area contributed by atoms with E-state index < -0.39 is 23.3 Å². The Morgan fingerprint density at radius 1 is 1.43 bits per heavy atom. The van der Waals surface area contributed by atoms with Crippen molar-refractivity contribution in [1.82, 2.24) is 9.88 Å². The van der Waals surface area contributed by atoms with Gasteiger partial charge in [0.1, 0.15) is 17.5 Å². The van der Waals surface area contributed by atoms with Gasteiger partial charge in [-0.1, -0.05) is 0 Å². The molecule has 0 aromatic carbocycles. The lowest BCUT2D eigenvalue weighted by atomic mass is 10.2. The Kier molecular flexibility index (Phi) is 4.29. The monoisotopic (exact) mass is 300 g/mol. The minimum Gasteiger partial charge on any atom is -0.470 e. The molecular formula is C14H18F2N2O3. The van der Waals surface area contributed by atoms with E-state index in [4.69, 9.17) is 9.47 Å². The van der Waals surface area contributed by atoms with Crippen LogP contribution >= 0.6 is 0 Å². The number of amides is 1. The normalized spacial score (nSPS) is 18.7. The number of likely N-dealkylation sites (tertiary alicyclic amines) is 1. The highest BCUT2D eigenvalue weighted by molar-refractivity contribution is 5.68. The van der Waals surface area contributed by atoms with E-state index in [0.717, 1.165) is 6.20 Å². The predicted octanol–water partition coefficient (Wildman–Crippen LogP) is 2.75. The van der Waals surface area contributed by atoms with Crippen molar-refractivity contribution in [3.63, 3.8) is 0 Å². The molecule has 2 rings (SSSR count). The number of carbonyl (C=O) groups excluding carboxylic acids is 1. The van der Waals surface area contributed by atoms with E-state index in [1.54, 1.807) is 20.8 Å². The smallest absolute Gasteiger partial charge is 0.410 e. The molecule has 2 heterocycles. The molecule has 21 heavy (non-hydrogen) atoms.